The third-order valence-corrected chi connectivity index (χ3v) is 2.96. The molecule has 0 aliphatic rings. The van der Waals surface area contributed by atoms with Gasteiger partial charge in [-0.1, -0.05) is 31.2 Å². The van der Waals surface area contributed by atoms with Crippen molar-refractivity contribution in [2.45, 2.75) is 19.4 Å². The van der Waals surface area contributed by atoms with Gasteiger partial charge in [-0.2, -0.15) is 0 Å². The van der Waals surface area contributed by atoms with Gasteiger partial charge < -0.3 is 9.84 Å². The highest BCUT2D eigenvalue weighted by atomic mass is 16.5. The number of aliphatic hydroxyl groups is 1. The summed E-state index contributed by atoms with van der Waals surface area (Å²) in [5.41, 5.74) is 2.75. The van der Waals surface area contributed by atoms with Crippen molar-refractivity contribution in [1.82, 2.24) is 4.98 Å². The van der Waals surface area contributed by atoms with E-state index in [1.54, 1.807) is 19.4 Å². The summed E-state index contributed by atoms with van der Waals surface area (Å²) in [7, 11) is 1.56. The van der Waals surface area contributed by atoms with E-state index in [0.717, 1.165) is 12.0 Å². The topological polar surface area (TPSA) is 42.4 Å². The third-order valence-electron chi connectivity index (χ3n) is 2.96. The van der Waals surface area contributed by atoms with Crippen LogP contribution in [-0.2, 0) is 6.42 Å². The number of aliphatic hydroxyl groups excluding tert-OH is 1. The molecule has 1 N–H and O–H groups in total. The van der Waals surface area contributed by atoms with Crippen molar-refractivity contribution in [2.24, 2.45) is 0 Å². The van der Waals surface area contributed by atoms with E-state index in [4.69, 9.17) is 4.74 Å². The Morgan fingerprint density at radius 1 is 1.28 bits per heavy atom. The van der Waals surface area contributed by atoms with Gasteiger partial charge in [-0.3, -0.25) is 0 Å². The van der Waals surface area contributed by atoms with Crippen LogP contribution < -0.4 is 4.74 Å². The normalized spacial score (nSPS) is 12.2. The molecule has 3 nitrogen and oxygen atoms in total. The van der Waals surface area contributed by atoms with Gasteiger partial charge in [0, 0.05) is 11.8 Å². The summed E-state index contributed by atoms with van der Waals surface area (Å²) in [6.45, 7) is 2.09. The molecule has 0 saturated carbocycles. The summed E-state index contributed by atoms with van der Waals surface area (Å²) in [5, 5.41) is 10.4. The van der Waals surface area contributed by atoms with Crippen molar-refractivity contribution in [1.29, 1.82) is 0 Å². The Hall–Kier alpha value is -1.87. The first-order chi connectivity index (χ1) is 8.76. The van der Waals surface area contributed by atoms with Crippen LogP contribution >= 0.6 is 0 Å². The van der Waals surface area contributed by atoms with E-state index in [1.165, 1.54) is 5.56 Å². The molecule has 0 amide bonds. The molecular formula is C15H17NO2. The lowest BCUT2D eigenvalue weighted by Crippen LogP contribution is -2.04. The highest BCUT2D eigenvalue weighted by Gasteiger charge is 2.15. The van der Waals surface area contributed by atoms with Crippen molar-refractivity contribution < 1.29 is 9.84 Å². The molecule has 0 saturated heterocycles. The molecule has 0 radical (unpaired) electrons. The predicted molar refractivity (Wildman–Crippen MR) is 70.7 cm³/mol. The monoisotopic (exact) mass is 243 g/mol. The molecule has 1 atom stereocenters. The fourth-order valence-electron chi connectivity index (χ4n) is 1.94. The van der Waals surface area contributed by atoms with Crippen LogP contribution in [0.1, 0.15) is 29.7 Å². The molecule has 1 aromatic carbocycles. The highest BCUT2D eigenvalue weighted by molar-refractivity contribution is 5.37. The van der Waals surface area contributed by atoms with Crippen molar-refractivity contribution in [3.8, 4) is 5.88 Å². The number of rotatable bonds is 4. The van der Waals surface area contributed by atoms with E-state index in [2.05, 4.69) is 18.0 Å². The number of ether oxygens (including phenoxy) is 1. The largest absolute Gasteiger partial charge is 0.481 e. The number of pyridine rings is 1. The Morgan fingerprint density at radius 2 is 2.11 bits per heavy atom. The van der Waals surface area contributed by atoms with Gasteiger partial charge in [-0.15, -0.1) is 0 Å². The zero-order chi connectivity index (χ0) is 13.0. The molecule has 0 bridgehead atoms. The van der Waals surface area contributed by atoms with Crippen molar-refractivity contribution in [2.75, 3.05) is 7.11 Å². The van der Waals surface area contributed by atoms with Crippen LogP contribution in [0.4, 0.5) is 0 Å². The lowest BCUT2D eigenvalue weighted by Gasteiger charge is -2.14. The van der Waals surface area contributed by atoms with Crippen LogP contribution in [0.25, 0.3) is 0 Å². The van der Waals surface area contributed by atoms with E-state index in [1.807, 2.05) is 24.3 Å². The molecule has 0 fully saturated rings. The van der Waals surface area contributed by atoms with Gasteiger partial charge in [-0.05, 0) is 29.7 Å². The maximum absolute atomic E-state index is 10.4. The summed E-state index contributed by atoms with van der Waals surface area (Å²) in [6, 6.07) is 11.6. The zero-order valence-electron chi connectivity index (χ0n) is 10.6. The van der Waals surface area contributed by atoms with Gasteiger partial charge >= 0.3 is 0 Å². The Kier molecular flexibility index (Phi) is 3.95. The summed E-state index contributed by atoms with van der Waals surface area (Å²) in [5.74, 6) is 0.465. The fourth-order valence-corrected chi connectivity index (χ4v) is 1.94. The number of aromatic nitrogens is 1. The van der Waals surface area contributed by atoms with Gasteiger partial charge in [0.25, 0.3) is 0 Å². The Bertz CT molecular complexity index is 525. The second-order valence-corrected chi connectivity index (χ2v) is 4.10. The lowest BCUT2D eigenvalue weighted by molar-refractivity contribution is 0.213. The number of benzene rings is 1. The van der Waals surface area contributed by atoms with Crippen LogP contribution in [-0.4, -0.2) is 17.2 Å². The number of methoxy groups -OCH3 is 1. The van der Waals surface area contributed by atoms with Crippen LogP contribution in [0, 0.1) is 0 Å². The number of hydrogen-bond donors (Lipinski definition) is 1. The SMILES string of the molecule is CCc1cccc(C(O)c2cccnc2OC)c1. The molecule has 0 aliphatic heterocycles. The minimum atomic E-state index is -0.708. The number of aryl methyl sites for hydroxylation is 1. The minimum Gasteiger partial charge on any atom is -0.481 e. The molecule has 3 heteroatoms. The summed E-state index contributed by atoms with van der Waals surface area (Å²) in [4.78, 5) is 4.10. The molecule has 1 heterocycles. The van der Waals surface area contributed by atoms with E-state index in [-0.39, 0.29) is 0 Å². The summed E-state index contributed by atoms with van der Waals surface area (Å²) in [6.07, 6.45) is 1.89. The second-order valence-electron chi connectivity index (χ2n) is 4.10. The number of hydrogen-bond acceptors (Lipinski definition) is 3. The molecule has 2 rings (SSSR count). The standard InChI is InChI=1S/C15H17NO2/c1-3-11-6-4-7-12(10-11)14(17)13-8-5-9-16-15(13)18-2/h4-10,14,17H,3H2,1-2H3. The smallest absolute Gasteiger partial charge is 0.219 e. The lowest BCUT2D eigenvalue weighted by atomic mass is 10.00. The molecular weight excluding hydrogens is 226 g/mol. The third kappa shape index (κ3) is 2.51. The van der Waals surface area contributed by atoms with Crippen molar-refractivity contribution in [3.63, 3.8) is 0 Å². The average Bonchev–Trinajstić information content (AvgIpc) is 2.46. The zero-order valence-corrected chi connectivity index (χ0v) is 10.6. The van der Waals surface area contributed by atoms with Gasteiger partial charge in [0.2, 0.25) is 5.88 Å². The fraction of sp³-hybridized carbons (Fsp3) is 0.267. The maximum Gasteiger partial charge on any atom is 0.219 e. The van der Waals surface area contributed by atoms with Crippen LogP contribution in [0.15, 0.2) is 42.6 Å². The minimum absolute atomic E-state index is 0.465. The van der Waals surface area contributed by atoms with E-state index in [0.29, 0.717) is 11.4 Å². The molecule has 1 aromatic heterocycles. The van der Waals surface area contributed by atoms with Crippen LogP contribution in [0.5, 0.6) is 5.88 Å². The highest BCUT2D eigenvalue weighted by Crippen LogP contribution is 2.28. The first kappa shape index (κ1) is 12.6. The summed E-state index contributed by atoms with van der Waals surface area (Å²) >= 11 is 0. The molecule has 0 aliphatic carbocycles. The van der Waals surface area contributed by atoms with Crippen LogP contribution in [0.2, 0.25) is 0 Å². The molecule has 94 valence electrons. The van der Waals surface area contributed by atoms with E-state index >= 15 is 0 Å². The Balaban J connectivity index is 2.37. The summed E-state index contributed by atoms with van der Waals surface area (Å²) < 4.78 is 5.17. The van der Waals surface area contributed by atoms with Crippen molar-refractivity contribution in [3.05, 3.63) is 59.3 Å². The molecule has 18 heavy (non-hydrogen) atoms. The van der Waals surface area contributed by atoms with E-state index in [9.17, 15) is 5.11 Å². The maximum atomic E-state index is 10.4. The Labute approximate surface area is 107 Å². The quantitative estimate of drug-likeness (QED) is 0.897. The van der Waals surface area contributed by atoms with Gasteiger partial charge in [0.1, 0.15) is 6.10 Å². The first-order valence-corrected chi connectivity index (χ1v) is 6.02. The number of nitrogens with zero attached hydrogens (tertiary/aromatic N) is 1. The predicted octanol–water partition coefficient (Wildman–Crippen LogP) is 2.73. The van der Waals surface area contributed by atoms with E-state index < -0.39 is 6.10 Å². The van der Waals surface area contributed by atoms with Gasteiger partial charge in [0.15, 0.2) is 0 Å². The van der Waals surface area contributed by atoms with Crippen LogP contribution in [0.3, 0.4) is 0 Å². The van der Waals surface area contributed by atoms with Gasteiger partial charge in [0.05, 0.1) is 7.11 Å². The van der Waals surface area contributed by atoms with Crippen molar-refractivity contribution >= 4 is 0 Å². The molecule has 1 unspecified atom stereocenters. The molecule has 2 aromatic rings. The second kappa shape index (κ2) is 5.65. The van der Waals surface area contributed by atoms with Gasteiger partial charge in [-0.25, -0.2) is 4.98 Å². The average molecular weight is 243 g/mol. The Morgan fingerprint density at radius 3 is 2.83 bits per heavy atom. The molecule has 0 spiro atoms. The first-order valence-electron chi connectivity index (χ1n) is 6.02.